The molecule has 1 unspecified atom stereocenters. The van der Waals surface area contributed by atoms with Crippen molar-refractivity contribution in [3.63, 3.8) is 0 Å². The Bertz CT molecular complexity index is 315. The highest BCUT2D eigenvalue weighted by atomic mass is 32.7. The summed E-state index contributed by atoms with van der Waals surface area (Å²) in [6.07, 6.45) is 2.06. The maximum absolute atomic E-state index is 4.47. The Balaban J connectivity index is 2.16. The van der Waals surface area contributed by atoms with Crippen LogP contribution in [0.3, 0.4) is 0 Å². The minimum absolute atomic E-state index is 0.690. The van der Waals surface area contributed by atoms with Crippen molar-refractivity contribution < 1.29 is 0 Å². The van der Waals surface area contributed by atoms with E-state index in [1.807, 2.05) is 29.6 Å². The summed E-state index contributed by atoms with van der Waals surface area (Å²) in [6, 6.07) is 10.3. The first-order valence-electron chi connectivity index (χ1n) is 3.80. The molecule has 1 aromatic rings. The summed E-state index contributed by atoms with van der Waals surface area (Å²) in [5, 5.41) is 4.47. The Hall–Kier alpha value is -0.180. The van der Waals surface area contributed by atoms with Crippen LogP contribution in [0.5, 0.6) is 0 Å². The smallest absolute Gasteiger partial charge is 0.156 e. The molecule has 13 heavy (non-hydrogen) atoms. The van der Waals surface area contributed by atoms with Gasteiger partial charge in [-0.15, -0.1) is 11.8 Å². The highest BCUT2D eigenvalue weighted by molar-refractivity contribution is 8.66. The number of hydrazone groups is 1. The van der Waals surface area contributed by atoms with Crippen molar-refractivity contribution in [3.05, 3.63) is 30.3 Å². The second-order valence-corrected chi connectivity index (χ2v) is 5.82. The largest absolute Gasteiger partial charge is 0.236 e. The fourth-order valence-electron chi connectivity index (χ4n) is 0.967. The lowest BCUT2D eigenvalue weighted by molar-refractivity contribution is 1.22. The summed E-state index contributed by atoms with van der Waals surface area (Å²) in [6.45, 7) is 0. The highest BCUT2D eigenvalue weighted by Gasteiger charge is 2.15. The van der Waals surface area contributed by atoms with Gasteiger partial charge < -0.3 is 0 Å². The van der Waals surface area contributed by atoms with Gasteiger partial charge in [-0.1, -0.05) is 18.2 Å². The molecule has 0 aliphatic carbocycles. The van der Waals surface area contributed by atoms with Gasteiger partial charge in [0, 0.05) is 0 Å². The quantitative estimate of drug-likeness (QED) is 0.685. The van der Waals surface area contributed by atoms with Crippen molar-refractivity contribution in [2.24, 2.45) is 5.10 Å². The lowest BCUT2D eigenvalue weighted by atomic mass is 10.3. The van der Waals surface area contributed by atoms with E-state index in [0.29, 0.717) is 7.93 Å². The molecule has 2 rings (SSSR count). The van der Waals surface area contributed by atoms with E-state index in [4.69, 9.17) is 0 Å². The molecule has 0 fully saturated rings. The van der Waals surface area contributed by atoms with Crippen LogP contribution in [0.1, 0.15) is 0 Å². The maximum atomic E-state index is 4.47. The molecule has 0 aromatic heterocycles. The molecule has 68 valence electrons. The monoisotopic (exact) mass is 228 g/mol. The zero-order chi connectivity index (χ0) is 9.10. The maximum Gasteiger partial charge on any atom is 0.156 e. The van der Waals surface area contributed by atoms with E-state index in [1.165, 1.54) is 5.69 Å². The summed E-state index contributed by atoms with van der Waals surface area (Å²) >= 11 is 3.52. The Morgan fingerprint density at radius 3 is 2.77 bits per heavy atom. The molecule has 1 heterocycles. The van der Waals surface area contributed by atoms with Gasteiger partial charge in [-0.3, -0.25) is 0 Å². The number of anilines is 1. The van der Waals surface area contributed by atoms with Crippen LogP contribution >= 0.6 is 31.1 Å². The number of para-hydroxylation sites is 1. The van der Waals surface area contributed by atoms with Gasteiger partial charge in [0.05, 0.1) is 13.6 Å². The minimum atomic E-state index is 0.690. The van der Waals surface area contributed by atoms with Crippen molar-refractivity contribution in [1.29, 1.82) is 0 Å². The zero-order valence-corrected chi connectivity index (χ0v) is 9.73. The molecular formula is C8H9N2PS2. The molecule has 1 aliphatic heterocycles. The molecule has 2 nitrogen and oxygen atoms in total. The van der Waals surface area contributed by atoms with Crippen LogP contribution in [0.25, 0.3) is 0 Å². The average molecular weight is 228 g/mol. The zero-order valence-electron chi connectivity index (χ0n) is 7.10. The molecule has 0 bridgehead atoms. The Morgan fingerprint density at radius 1 is 1.38 bits per heavy atom. The topological polar surface area (TPSA) is 15.6 Å². The van der Waals surface area contributed by atoms with Crippen molar-refractivity contribution >= 4 is 41.1 Å². The van der Waals surface area contributed by atoms with E-state index in [9.17, 15) is 0 Å². The molecule has 0 saturated heterocycles. The number of hydrogen-bond acceptors (Lipinski definition) is 4. The van der Waals surface area contributed by atoms with Crippen LogP contribution in [-0.4, -0.2) is 10.6 Å². The van der Waals surface area contributed by atoms with Crippen LogP contribution in [0.4, 0.5) is 5.69 Å². The number of benzene rings is 1. The van der Waals surface area contributed by atoms with Gasteiger partial charge in [0.15, 0.2) is 4.38 Å². The average Bonchev–Trinajstić information content (AvgIpc) is 2.67. The molecule has 0 radical (unpaired) electrons. The summed E-state index contributed by atoms with van der Waals surface area (Å²) in [7, 11) is 0.690. The standard InChI is InChI=1S/C8H9N2PS2/c1-12-8-9-10(11-13-8)7-5-3-2-4-6-7/h2-6,11H,1H3. The molecule has 0 spiro atoms. The third kappa shape index (κ3) is 2.19. The van der Waals surface area contributed by atoms with Crippen LogP contribution in [0.15, 0.2) is 35.4 Å². The van der Waals surface area contributed by atoms with E-state index in [-0.39, 0.29) is 0 Å². The lowest BCUT2D eigenvalue weighted by Crippen LogP contribution is -1.98. The van der Waals surface area contributed by atoms with Crippen molar-refractivity contribution in [2.45, 2.75) is 0 Å². The van der Waals surface area contributed by atoms with Crippen LogP contribution in [0, 0.1) is 0 Å². The molecule has 0 saturated carbocycles. The fraction of sp³-hybridized carbons (Fsp3) is 0.125. The Kier molecular flexibility index (Phi) is 3.14. The molecule has 1 aliphatic rings. The second-order valence-electron chi connectivity index (χ2n) is 2.41. The molecule has 1 atom stereocenters. The molecule has 0 amide bonds. The Labute approximate surface area is 87.7 Å². The van der Waals surface area contributed by atoms with E-state index >= 15 is 0 Å². The van der Waals surface area contributed by atoms with Gasteiger partial charge in [-0.2, -0.15) is 5.10 Å². The molecule has 1 aromatic carbocycles. The number of hydrogen-bond donors (Lipinski definition) is 0. The lowest BCUT2D eigenvalue weighted by Gasteiger charge is -2.10. The van der Waals surface area contributed by atoms with E-state index in [2.05, 4.69) is 28.3 Å². The van der Waals surface area contributed by atoms with E-state index in [1.54, 1.807) is 11.8 Å². The molecular weight excluding hydrogens is 219 g/mol. The van der Waals surface area contributed by atoms with Gasteiger partial charge in [0.2, 0.25) is 0 Å². The van der Waals surface area contributed by atoms with E-state index in [0.717, 1.165) is 4.38 Å². The van der Waals surface area contributed by atoms with Gasteiger partial charge >= 0.3 is 0 Å². The third-order valence-electron chi connectivity index (χ3n) is 1.58. The number of nitrogens with zero attached hydrogens (tertiary/aromatic N) is 2. The van der Waals surface area contributed by atoms with E-state index < -0.39 is 0 Å². The Morgan fingerprint density at radius 2 is 2.15 bits per heavy atom. The van der Waals surface area contributed by atoms with Crippen molar-refractivity contribution in [1.82, 2.24) is 0 Å². The van der Waals surface area contributed by atoms with Gasteiger partial charge in [0.25, 0.3) is 0 Å². The summed E-state index contributed by atoms with van der Waals surface area (Å²) in [4.78, 5) is 0. The predicted octanol–water partition coefficient (Wildman–Crippen LogP) is 3.38. The molecule has 0 N–H and O–H groups in total. The number of rotatable bonds is 1. The summed E-state index contributed by atoms with van der Waals surface area (Å²) in [5.41, 5.74) is 1.18. The SMILES string of the molecule is CSC1=NN(c2ccccc2)PS1. The normalized spacial score (nSPS) is 17.9. The first-order valence-corrected chi connectivity index (χ1v) is 7.52. The van der Waals surface area contributed by atoms with Gasteiger partial charge in [0.1, 0.15) is 0 Å². The van der Waals surface area contributed by atoms with Crippen LogP contribution < -0.4 is 4.78 Å². The second kappa shape index (κ2) is 4.36. The first-order chi connectivity index (χ1) is 6.40. The molecule has 5 heteroatoms. The summed E-state index contributed by atoms with van der Waals surface area (Å²) in [5.74, 6) is 0. The summed E-state index contributed by atoms with van der Waals surface area (Å²) < 4.78 is 3.21. The first kappa shape index (κ1) is 9.38. The number of thioether (sulfide) groups is 1. The van der Waals surface area contributed by atoms with Crippen molar-refractivity contribution in [2.75, 3.05) is 11.0 Å². The van der Waals surface area contributed by atoms with Crippen LogP contribution in [0.2, 0.25) is 0 Å². The fourth-order valence-corrected chi connectivity index (χ4v) is 4.43. The van der Waals surface area contributed by atoms with Gasteiger partial charge in [-0.05, 0) is 29.8 Å². The van der Waals surface area contributed by atoms with Crippen LogP contribution in [-0.2, 0) is 0 Å². The predicted molar refractivity (Wildman–Crippen MR) is 65.8 cm³/mol. The minimum Gasteiger partial charge on any atom is -0.236 e. The van der Waals surface area contributed by atoms with Gasteiger partial charge in [-0.25, -0.2) is 4.78 Å². The van der Waals surface area contributed by atoms with Crippen molar-refractivity contribution in [3.8, 4) is 0 Å². The third-order valence-corrected chi connectivity index (χ3v) is 5.45. The highest BCUT2D eigenvalue weighted by Crippen LogP contribution is 2.46.